The van der Waals surface area contributed by atoms with Crippen LogP contribution in [0.5, 0.6) is 28.7 Å². The van der Waals surface area contributed by atoms with Gasteiger partial charge in [0.05, 0.1) is 37.0 Å². The summed E-state index contributed by atoms with van der Waals surface area (Å²) >= 11 is 0. The number of rotatable bonds is 6. The van der Waals surface area contributed by atoms with Gasteiger partial charge in [0.25, 0.3) is 0 Å². The van der Waals surface area contributed by atoms with E-state index in [4.69, 9.17) is 33.1 Å². The first kappa shape index (κ1) is 22.7. The Bertz CT molecular complexity index is 1490. The van der Waals surface area contributed by atoms with E-state index in [-0.39, 0.29) is 6.79 Å². The summed E-state index contributed by atoms with van der Waals surface area (Å²) in [4.78, 5) is 5.04. The molecule has 1 aromatic heterocycles. The molecule has 7 heteroatoms. The van der Waals surface area contributed by atoms with Crippen LogP contribution < -0.4 is 29.0 Å². The highest BCUT2D eigenvalue weighted by atomic mass is 16.7. The first-order valence-corrected chi connectivity index (χ1v) is 11.4. The molecule has 7 nitrogen and oxygen atoms in total. The lowest BCUT2D eigenvalue weighted by atomic mass is 10.1. The Labute approximate surface area is 203 Å². The molecule has 0 radical (unpaired) electrons. The summed E-state index contributed by atoms with van der Waals surface area (Å²) in [6, 6.07) is 15.5. The maximum atomic E-state index is 6.11. The van der Waals surface area contributed by atoms with E-state index >= 15 is 0 Å². The van der Waals surface area contributed by atoms with Gasteiger partial charge in [-0.1, -0.05) is 6.07 Å². The number of nitrogens with zero attached hydrogens (tertiary/aromatic N) is 1. The first-order valence-electron chi connectivity index (χ1n) is 11.4. The lowest BCUT2D eigenvalue weighted by Crippen LogP contribution is -2.01. The molecule has 0 fully saturated rings. The molecule has 3 aromatic carbocycles. The Morgan fingerprint density at radius 2 is 1.60 bits per heavy atom. The van der Waals surface area contributed by atoms with Crippen molar-refractivity contribution in [1.29, 1.82) is 0 Å². The van der Waals surface area contributed by atoms with Gasteiger partial charge >= 0.3 is 0 Å². The van der Waals surface area contributed by atoms with Crippen LogP contribution in [0.3, 0.4) is 0 Å². The maximum Gasteiger partial charge on any atom is 0.231 e. The molecule has 5 rings (SSSR count). The molecule has 1 aliphatic rings. The number of aryl methyl sites for hydroxylation is 2. The van der Waals surface area contributed by atoms with E-state index in [2.05, 4.69) is 0 Å². The van der Waals surface area contributed by atoms with Crippen molar-refractivity contribution in [3.63, 3.8) is 0 Å². The number of ether oxygens (including phenoxy) is 5. The molecule has 0 atom stereocenters. The molecule has 4 aromatic rings. The number of benzene rings is 2. The Morgan fingerprint density at radius 1 is 0.800 bits per heavy atom. The van der Waals surface area contributed by atoms with Crippen molar-refractivity contribution in [2.45, 2.75) is 20.8 Å². The molecule has 0 bridgehead atoms. The largest absolute Gasteiger partial charge is 0.497 e. The van der Waals surface area contributed by atoms with E-state index in [0.717, 1.165) is 50.3 Å². The van der Waals surface area contributed by atoms with E-state index in [1.165, 1.54) is 0 Å². The Kier molecular flexibility index (Phi) is 5.99. The van der Waals surface area contributed by atoms with Crippen molar-refractivity contribution < 1.29 is 28.1 Å². The molecule has 0 N–H and O–H groups in total. The molecule has 0 unspecified atom stereocenters. The zero-order valence-corrected chi connectivity index (χ0v) is 20.4. The monoisotopic (exact) mass is 473 g/mol. The SMILES string of the molecule is CCOc1cc(-c2ccc3c(c2)OCO3)cc(=Nc2ccc(OC)cc2OC)c2c(C)oc(C)c12. The van der Waals surface area contributed by atoms with Gasteiger partial charge in [-0.3, -0.25) is 0 Å². The molecule has 35 heavy (non-hydrogen) atoms. The van der Waals surface area contributed by atoms with Crippen molar-refractivity contribution in [2.24, 2.45) is 4.99 Å². The summed E-state index contributed by atoms with van der Waals surface area (Å²) in [5.74, 6) is 5.01. The van der Waals surface area contributed by atoms with Crippen LogP contribution in [0.15, 0.2) is 57.9 Å². The van der Waals surface area contributed by atoms with Crippen LogP contribution in [-0.2, 0) is 0 Å². The summed E-state index contributed by atoms with van der Waals surface area (Å²) in [5, 5.41) is 2.51. The first-order chi connectivity index (χ1) is 17.0. The normalized spacial score (nSPS) is 12.8. The van der Waals surface area contributed by atoms with Gasteiger partial charge in [-0.05, 0) is 68.3 Å². The Balaban J connectivity index is 1.85. The molecule has 180 valence electrons. The van der Waals surface area contributed by atoms with E-state index in [0.29, 0.717) is 29.5 Å². The molecule has 0 amide bonds. The van der Waals surface area contributed by atoms with Gasteiger partial charge in [0, 0.05) is 6.07 Å². The third kappa shape index (κ3) is 4.14. The van der Waals surface area contributed by atoms with Gasteiger partial charge in [-0.25, -0.2) is 4.99 Å². The third-order valence-electron chi connectivity index (χ3n) is 5.98. The molecule has 0 saturated heterocycles. The van der Waals surface area contributed by atoms with Crippen LogP contribution in [0, 0.1) is 13.8 Å². The van der Waals surface area contributed by atoms with Gasteiger partial charge in [0.1, 0.15) is 34.5 Å². The summed E-state index contributed by atoms with van der Waals surface area (Å²) in [6.07, 6.45) is 0. The third-order valence-corrected chi connectivity index (χ3v) is 5.98. The summed E-state index contributed by atoms with van der Waals surface area (Å²) < 4.78 is 34.2. The van der Waals surface area contributed by atoms with E-state index in [9.17, 15) is 0 Å². The number of hydrogen-bond acceptors (Lipinski definition) is 7. The van der Waals surface area contributed by atoms with E-state index < -0.39 is 0 Å². The fourth-order valence-corrected chi connectivity index (χ4v) is 4.37. The highest BCUT2D eigenvalue weighted by Gasteiger charge is 2.18. The van der Waals surface area contributed by atoms with Gasteiger partial charge < -0.3 is 28.1 Å². The summed E-state index contributed by atoms with van der Waals surface area (Å²) in [6.45, 7) is 6.58. The van der Waals surface area contributed by atoms with Gasteiger partial charge in [0.2, 0.25) is 6.79 Å². The second kappa shape index (κ2) is 9.25. The average molecular weight is 474 g/mol. The number of furan rings is 1. The van der Waals surface area contributed by atoms with Crippen LogP contribution in [-0.4, -0.2) is 27.6 Å². The average Bonchev–Trinajstić information content (AvgIpc) is 3.40. The van der Waals surface area contributed by atoms with Crippen molar-refractivity contribution >= 4 is 16.5 Å². The smallest absolute Gasteiger partial charge is 0.231 e. The lowest BCUT2D eigenvalue weighted by molar-refractivity contribution is 0.174. The molecule has 0 saturated carbocycles. The Morgan fingerprint density at radius 3 is 2.37 bits per heavy atom. The predicted octanol–water partition coefficient (Wildman–Crippen LogP) is 6.09. The number of hydrogen-bond donors (Lipinski definition) is 0. The lowest BCUT2D eigenvalue weighted by Gasteiger charge is -2.07. The van der Waals surface area contributed by atoms with Gasteiger partial charge in [-0.2, -0.15) is 0 Å². The number of methoxy groups -OCH3 is 2. The minimum Gasteiger partial charge on any atom is -0.497 e. The molecule has 1 aliphatic heterocycles. The molecule has 0 aliphatic carbocycles. The van der Waals surface area contributed by atoms with Crippen LogP contribution in [0.1, 0.15) is 18.4 Å². The quantitative estimate of drug-likeness (QED) is 0.337. The zero-order chi connectivity index (χ0) is 24.5. The number of fused-ring (bicyclic) bond motifs is 2. The van der Waals surface area contributed by atoms with Crippen molar-refractivity contribution in [3.05, 3.63) is 65.4 Å². The standard InChI is InChI=1S/C28H27NO6/c1-6-32-26-13-19(18-7-10-23-25(12-18)34-15-33-23)11-22(27-16(2)35-17(3)28(26)27)29-21-9-8-20(30-4)14-24(21)31-5/h7-14H,6,15H2,1-5H3. The maximum absolute atomic E-state index is 6.11. The van der Waals surface area contributed by atoms with Crippen molar-refractivity contribution in [3.8, 4) is 39.9 Å². The van der Waals surface area contributed by atoms with Gasteiger partial charge in [-0.15, -0.1) is 0 Å². The molecular formula is C28H27NO6. The molecular weight excluding hydrogens is 446 g/mol. The van der Waals surface area contributed by atoms with Gasteiger partial charge in [0.15, 0.2) is 11.5 Å². The van der Waals surface area contributed by atoms with Crippen molar-refractivity contribution in [1.82, 2.24) is 0 Å². The van der Waals surface area contributed by atoms with Crippen LogP contribution >= 0.6 is 0 Å². The van der Waals surface area contributed by atoms with E-state index in [1.807, 2.05) is 69.3 Å². The van der Waals surface area contributed by atoms with Crippen LogP contribution in [0.4, 0.5) is 5.69 Å². The molecule has 2 heterocycles. The highest BCUT2D eigenvalue weighted by Crippen LogP contribution is 2.39. The predicted molar refractivity (Wildman–Crippen MR) is 133 cm³/mol. The van der Waals surface area contributed by atoms with E-state index in [1.54, 1.807) is 14.2 Å². The Hall–Kier alpha value is -4.13. The fourth-order valence-electron chi connectivity index (χ4n) is 4.37. The molecule has 0 spiro atoms. The topological polar surface area (TPSA) is 71.7 Å². The van der Waals surface area contributed by atoms with Crippen molar-refractivity contribution in [2.75, 3.05) is 27.6 Å². The summed E-state index contributed by atoms with van der Waals surface area (Å²) in [7, 11) is 3.24. The summed E-state index contributed by atoms with van der Waals surface area (Å²) in [5.41, 5.74) is 2.56. The second-order valence-corrected chi connectivity index (χ2v) is 8.11. The highest BCUT2D eigenvalue weighted by molar-refractivity contribution is 5.93. The fraction of sp³-hybridized carbons (Fsp3) is 0.250. The minimum absolute atomic E-state index is 0.220. The van der Waals surface area contributed by atoms with Crippen LogP contribution in [0.2, 0.25) is 0 Å². The second-order valence-electron chi connectivity index (χ2n) is 8.11. The zero-order valence-electron chi connectivity index (χ0n) is 20.4. The van der Waals surface area contributed by atoms with Crippen LogP contribution in [0.25, 0.3) is 21.9 Å². The minimum atomic E-state index is 0.220.